The molecule has 1 heterocycles. The number of thiazole rings is 1. The van der Waals surface area contributed by atoms with Gasteiger partial charge in [0.2, 0.25) is 0 Å². The highest BCUT2D eigenvalue weighted by Gasteiger charge is 2.11. The van der Waals surface area contributed by atoms with Gasteiger partial charge in [0.1, 0.15) is 10.8 Å². The van der Waals surface area contributed by atoms with Crippen molar-refractivity contribution in [2.24, 2.45) is 0 Å². The first kappa shape index (κ1) is 14.4. The van der Waals surface area contributed by atoms with Gasteiger partial charge in [-0.25, -0.2) is 14.2 Å². The Morgan fingerprint density at radius 2 is 2.23 bits per heavy atom. The second kappa shape index (κ2) is 6.07. The van der Waals surface area contributed by atoms with Crippen LogP contribution in [-0.4, -0.2) is 16.1 Å². The van der Waals surface area contributed by atoms with Crippen LogP contribution in [0.2, 0.25) is 0 Å². The third kappa shape index (κ3) is 3.04. The first-order valence-electron chi connectivity index (χ1n) is 6.66. The van der Waals surface area contributed by atoms with E-state index in [1.165, 1.54) is 23.5 Å². The van der Waals surface area contributed by atoms with Gasteiger partial charge < -0.3 is 5.11 Å². The van der Waals surface area contributed by atoms with E-state index in [1.807, 2.05) is 23.6 Å². The minimum atomic E-state index is -0.972. The molecular formula is C17H12FNO2S. The molecule has 1 aromatic heterocycles. The van der Waals surface area contributed by atoms with E-state index >= 15 is 0 Å². The maximum atomic E-state index is 13.5. The Hall–Kier alpha value is -2.53. The Kier molecular flexibility index (Phi) is 3.98. The van der Waals surface area contributed by atoms with Gasteiger partial charge in [0.15, 0.2) is 0 Å². The molecule has 1 aromatic carbocycles. The molecule has 1 aliphatic carbocycles. The van der Waals surface area contributed by atoms with Crippen LogP contribution in [0.1, 0.15) is 22.5 Å². The zero-order chi connectivity index (χ0) is 15.5. The van der Waals surface area contributed by atoms with E-state index < -0.39 is 5.97 Å². The van der Waals surface area contributed by atoms with Gasteiger partial charge in [-0.3, -0.25) is 0 Å². The summed E-state index contributed by atoms with van der Waals surface area (Å²) < 4.78 is 13.5. The van der Waals surface area contributed by atoms with Crippen LogP contribution in [-0.2, 0) is 0 Å². The highest BCUT2D eigenvalue weighted by molar-refractivity contribution is 7.13. The van der Waals surface area contributed by atoms with E-state index in [-0.39, 0.29) is 17.8 Å². The second-order valence-corrected chi connectivity index (χ2v) is 5.63. The van der Waals surface area contributed by atoms with Gasteiger partial charge in [-0.15, -0.1) is 11.3 Å². The quantitative estimate of drug-likeness (QED) is 0.893. The highest BCUT2D eigenvalue weighted by atomic mass is 32.1. The number of rotatable bonds is 3. The van der Waals surface area contributed by atoms with Crippen molar-refractivity contribution in [2.45, 2.75) is 6.42 Å². The second-order valence-electron chi connectivity index (χ2n) is 4.77. The fourth-order valence-corrected chi connectivity index (χ4v) is 2.94. The molecule has 1 aliphatic rings. The Bertz CT molecular complexity index is 818. The van der Waals surface area contributed by atoms with Crippen LogP contribution in [0.3, 0.4) is 0 Å². The predicted octanol–water partition coefficient (Wildman–Crippen LogP) is 4.71. The van der Waals surface area contributed by atoms with Crippen molar-refractivity contribution in [3.8, 4) is 10.6 Å². The van der Waals surface area contributed by atoms with Crippen LogP contribution in [0.5, 0.6) is 0 Å². The zero-order valence-electron chi connectivity index (χ0n) is 11.5. The minimum absolute atomic E-state index is 0.206. The van der Waals surface area contributed by atoms with E-state index in [0.29, 0.717) is 16.3 Å². The SMILES string of the molecule is O=C(O)c1cccc(-c2nc(C3=CC=CCC(F)=C3)cs2)c1. The topological polar surface area (TPSA) is 50.2 Å². The predicted molar refractivity (Wildman–Crippen MR) is 85.4 cm³/mol. The molecule has 0 fully saturated rings. The van der Waals surface area contributed by atoms with Gasteiger partial charge in [-0.2, -0.15) is 0 Å². The van der Waals surface area contributed by atoms with Gasteiger partial charge in [0.05, 0.1) is 11.3 Å². The summed E-state index contributed by atoms with van der Waals surface area (Å²) in [7, 11) is 0. The lowest BCUT2D eigenvalue weighted by Gasteiger charge is -1.99. The number of halogens is 1. The molecule has 3 rings (SSSR count). The largest absolute Gasteiger partial charge is 0.478 e. The summed E-state index contributed by atoms with van der Waals surface area (Å²) in [5.41, 5.74) is 2.35. The molecule has 0 spiro atoms. The molecule has 0 atom stereocenters. The maximum absolute atomic E-state index is 13.5. The summed E-state index contributed by atoms with van der Waals surface area (Å²) in [5, 5.41) is 11.6. The minimum Gasteiger partial charge on any atom is -0.478 e. The average molecular weight is 313 g/mol. The lowest BCUT2D eigenvalue weighted by atomic mass is 10.1. The number of benzene rings is 1. The molecule has 0 radical (unpaired) electrons. The van der Waals surface area contributed by atoms with E-state index in [2.05, 4.69) is 4.98 Å². The van der Waals surface area contributed by atoms with Crippen molar-refractivity contribution in [3.05, 3.63) is 71.0 Å². The molecule has 0 unspecified atom stereocenters. The van der Waals surface area contributed by atoms with Crippen LogP contribution < -0.4 is 0 Å². The molecular weight excluding hydrogens is 301 g/mol. The van der Waals surface area contributed by atoms with Gasteiger partial charge in [-0.05, 0) is 18.2 Å². The molecule has 0 saturated carbocycles. The Balaban J connectivity index is 1.96. The van der Waals surface area contributed by atoms with Gasteiger partial charge in [0.25, 0.3) is 0 Å². The summed E-state index contributed by atoms with van der Waals surface area (Å²) in [6.45, 7) is 0. The molecule has 2 aromatic rings. The van der Waals surface area contributed by atoms with Gasteiger partial charge in [0, 0.05) is 22.9 Å². The number of carboxylic acid groups (broad SMARTS) is 1. The first-order chi connectivity index (χ1) is 10.6. The number of carbonyl (C=O) groups is 1. The van der Waals surface area contributed by atoms with E-state index in [9.17, 15) is 9.18 Å². The number of allylic oxidation sites excluding steroid dienone is 6. The van der Waals surface area contributed by atoms with Crippen molar-refractivity contribution >= 4 is 22.9 Å². The Morgan fingerprint density at radius 3 is 3.05 bits per heavy atom. The standard InChI is InChI=1S/C17H12FNO2S/c18-14-7-2-1-4-11(9-14)15-10-22-16(19-15)12-5-3-6-13(8-12)17(20)21/h1-6,8-10H,7H2,(H,20,21). The smallest absolute Gasteiger partial charge is 0.335 e. The molecule has 0 saturated heterocycles. The summed E-state index contributed by atoms with van der Waals surface area (Å²) in [6.07, 6.45) is 7.15. The lowest BCUT2D eigenvalue weighted by molar-refractivity contribution is 0.0697. The molecule has 22 heavy (non-hydrogen) atoms. The van der Waals surface area contributed by atoms with Crippen molar-refractivity contribution < 1.29 is 14.3 Å². The van der Waals surface area contributed by atoms with Crippen molar-refractivity contribution in [1.29, 1.82) is 0 Å². The molecule has 0 bridgehead atoms. The van der Waals surface area contributed by atoms with Crippen LogP contribution in [0.25, 0.3) is 16.1 Å². The molecule has 0 amide bonds. The van der Waals surface area contributed by atoms with Crippen LogP contribution in [0.15, 0.2) is 59.8 Å². The summed E-state index contributed by atoms with van der Waals surface area (Å²) in [6, 6.07) is 6.62. The zero-order valence-corrected chi connectivity index (χ0v) is 12.3. The molecule has 0 aliphatic heterocycles. The lowest BCUT2D eigenvalue weighted by Crippen LogP contribution is -1.95. The summed E-state index contributed by atoms with van der Waals surface area (Å²) >= 11 is 1.40. The van der Waals surface area contributed by atoms with Crippen LogP contribution in [0.4, 0.5) is 4.39 Å². The summed E-state index contributed by atoms with van der Waals surface area (Å²) in [4.78, 5) is 15.5. The van der Waals surface area contributed by atoms with Crippen LogP contribution >= 0.6 is 11.3 Å². The fraction of sp³-hybridized carbons (Fsp3) is 0.0588. The molecule has 110 valence electrons. The summed E-state index contributed by atoms with van der Waals surface area (Å²) in [5.74, 6) is -1.18. The third-order valence-corrected chi connectivity index (χ3v) is 4.08. The first-order valence-corrected chi connectivity index (χ1v) is 7.54. The number of hydrogen-bond donors (Lipinski definition) is 1. The normalized spacial score (nSPS) is 14.2. The average Bonchev–Trinajstić information content (AvgIpc) is 2.91. The molecule has 3 nitrogen and oxygen atoms in total. The number of carboxylic acids is 1. The van der Waals surface area contributed by atoms with Gasteiger partial charge in [-0.1, -0.05) is 30.4 Å². The van der Waals surface area contributed by atoms with E-state index in [0.717, 1.165) is 5.56 Å². The van der Waals surface area contributed by atoms with Crippen molar-refractivity contribution in [1.82, 2.24) is 4.98 Å². The number of aromatic nitrogens is 1. The molecule has 1 N–H and O–H groups in total. The maximum Gasteiger partial charge on any atom is 0.335 e. The van der Waals surface area contributed by atoms with Crippen LogP contribution in [0, 0.1) is 0 Å². The Morgan fingerprint density at radius 1 is 1.36 bits per heavy atom. The third-order valence-electron chi connectivity index (χ3n) is 3.19. The monoisotopic (exact) mass is 313 g/mol. The number of hydrogen-bond acceptors (Lipinski definition) is 3. The van der Waals surface area contributed by atoms with E-state index in [4.69, 9.17) is 5.11 Å². The number of nitrogens with zero attached hydrogens (tertiary/aromatic N) is 1. The number of aromatic carboxylic acids is 1. The highest BCUT2D eigenvalue weighted by Crippen LogP contribution is 2.29. The Labute approximate surface area is 130 Å². The van der Waals surface area contributed by atoms with Gasteiger partial charge >= 0.3 is 5.97 Å². The van der Waals surface area contributed by atoms with E-state index in [1.54, 1.807) is 18.2 Å². The van der Waals surface area contributed by atoms with Crippen molar-refractivity contribution in [3.63, 3.8) is 0 Å². The van der Waals surface area contributed by atoms with Crippen molar-refractivity contribution in [2.75, 3.05) is 0 Å². The molecule has 5 heteroatoms. The fourth-order valence-electron chi connectivity index (χ4n) is 2.11.